The molecule has 1 fully saturated rings. The molecule has 3 N–H and O–H groups in total. The van der Waals surface area contributed by atoms with E-state index in [1.54, 1.807) is 0 Å². The second-order valence-electron chi connectivity index (χ2n) is 4.22. The maximum absolute atomic E-state index is 10.7. The normalized spacial score (nSPS) is 20.7. The molecule has 0 aromatic heterocycles. The summed E-state index contributed by atoms with van der Waals surface area (Å²) in [6.45, 7) is 4.63. The molecule has 1 heterocycles. The van der Waals surface area contributed by atoms with Gasteiger partial charge in [0, 0.05) is 18.3 Å². The van der Waals surface area contributed by atoms with Gasteiger partial charge in [-0.15, -0.1) is 0 Å². The number of carboxylic acid groups (broad SMARTS) is 1. The van der Waals surface area contributed by atoms with Gasteiger partial charge < -0.3 is 15.7 Å². The molecule has 1 unspecified atom stereocenters. The van der Waals surface area contributed by atoms with E-state index in [4.69, 9.17) is 5.11 Å². The van der Waals surface area contributed by atoms with Crippen LogP contribution in [0.2, 0.25) is 0 Å². The highest BCUT2D eigenvalue weighted by molar-refractivity contribution is 7.99. The zero-order valence-corrected chi connectivity index (χ0v) is 10.2. The van der Waals surface area contributed by atoms with Crippen LogP contribution in [0.4, 0.5) is 0 Å². The van der Waals surface area contributed by atoms with Crippen LogP contribution in [0.15, 0.2) is 0 Å². The van der Waals surface area contributed by atoms with Gasteiger partial charge in [0.2, 0.25) is 0 Å². The number of nitrogens with one attached hydrogen (secondary N) is 2. The van der Waals surface area contributed by atoms with Crippen molar-refractivity contribution in [3.63, 3.8) is 0 Å². The van der Waals surface area contributed by atoms with Gasteiger partial charge in [-0.25, -0.2) is 0 Å². The number of hydrogen-bond acceptors (Lipinski definition) is 4. The van der Waals surface area contributed by atoms with Crippen LogP contribution in [0, 0.1) is 0 Å². The van der Waals surface area contributed by atoms with Crippen LogP contribution < -0.4 is 10.6 Å². The molecule has 1 aliphatic rings. The number of carboxylic acids is 1. The molecule has 1 saturated heterocycles. The van der Waals surface area contributed by atoms with Gasteiger partial charge in [0.05, 0.1) is 12.0 Å². The SMILES string of the molecule is CSC(C)CCNC1(CC(=O)O)CNC1. The quantitative estimate of drug-likeness (QED) is 0.598. The van der Waals surface area contributed by atoms with E-state index in [2.05, 4.69) is 23.8 Å². The first-order valence-electron chi connectivity index (χ1n) is 5.28. The minimum absolute atomic E-state index is 0.191. The minimum atomic E-state index is -0.720. The summed E-state index contributed by atoms with van der Waals surface area (Å²) < 4.78 is 0. The topological polar surface area (TPSA) is 61.4 Å². The Bertz CT molecular complexity index is 219. The van der Waals surface area contributed by atoms with Crippen LogP contribution in [-0.2, 0) is 4.79 Å². The van der Waals surface area contributed by atoms with E-state index in [0.717, 1.165) is 26.1 Å². The molecule has 0 spiro atoms. The first-order valence-corrected chi connectivity index (χ1v) is 6.57. The Morgan fingerprint density at radius 1 is 1.67 bits per heavy atom. The van der Waals surface area contributed by atoms with E-state index in [9.17, 15) is 4.79 Å². The van der Waals surface area contributed by atoms with Crippen LogP contribution in [0.5, 0.6) is 0 Å². The number of aliphatic carboxylic acids is 1. The molecule has 0 aliphatic carbocycles. The molecule has 5 heteroatoms. The first kappa shape index (κ1) is 12.8. The maximum Gasteiger partial charge on any atom is 0.305 e. The Labute approximate surface area is 95.2 Å². The van der Waals surface area contributed by atoms with E-state index >= 15 is 0 Å². The van der Waals surface area contributed by atoms with E-state index in [-0.39, 0.29) is 12.0 Å². The lowest BCUT2D eigenvalue weighted by Crippen LogP contribution is -2.68. The number of thioether (sulfide) groups is 1. The summed E-state index contributed by atoms with van der Waals surface area (Å²) in [5.41, 5.74) is -0.191. The largest absolute Gasteiger partial charge is 0.481 e. The predicted octanol–water partition coefficient (Wildman–Crippen LogP) is 0.534. The summed E-state index contributed by atoms with van der Waals surface area (Å²) in [5.74, 6) is -0.720. The third kappa shape index (κ3) is 4.01. The summed E-state index contributed by atoms with van der Waals surface area (Å²) in [6.07, 6.45) is 3.40. The lowest BCUT2D eigenvalue weighted by atomic mass is 9.88. The molecule has 15 heavy (non-hydrogen) atoms. The van der Waals surface area contributed by atoms with E-state index in [1.165, 1.54) is 0 Å². The highest BCUT2D eigenvalue weighted by atomic mass is 32.2. The lowest BCUT2D eigenvalue weighted by molar-refractivity contribution is -0.139. The van der Waals surface area contributed by atoms with Crippen molar-refractivity contribution in [2.75, 3.05) is 25.9 Å². The number of rotatable bonds is 7. The Morgan fingerprint density at radius 3 is 2.73 bits per heavy atom. The Balaban J connectivity index is 2.24. The molecule has 4 nitrogen and oxygen atoms in total. The fraction of sp³-hybridized carbons (Fsp3) is 0.900. The van der Waals surface area contributed by atoms with Gasteiger partial charge in [-0.3, -0.25) is 4.79 Å². The second-order valence-corrected chi connectivity index (χ2v) is 5.49. The molecule has 0 aromatic carbocycles. The third-order valence-electron chi connectivity index (χ3n) is 2.87. The van der Waals surface area contributed by atoms with Crippen LogP contribution in [0.3, 0.4) is 0 Å². The van der Waals surface area contributed by atoms with Crippen molar-refractivity contribution in [2.45, 2.75) is 30.6 Å². The molecule has 88 valence electrons. The summed E-state index contributed by atoms with van der Waals surface area (Å²) in [6, 6.07) is 0. The van der Waals surface area contributed by atoms with Crippen molar-refractivity contribution in [2.24, 2.45) is 0 Å². The van der Waals surface area contributed by atoms with Crippen molar-refractivity contribution in [1.29, 1.82) is 0 Å². The number of carbonyl (C=O) groups is 1. The van der Waals surface area contributed by atoms with Gasteiger partial charge in [-0.05, 0) is 19.2 Å². The molecule has 1 aliphatic heterocycles. The molecule has 0 aromatic rings. The van der Waals surface area contributed by atoms with Crippen LogP contribution in [0.25, 0.3) is 0 Å². The fourth-order valence-corrected chi connectivity index (χ4v) is 2.04. The molecular formula is C10H20N2O2S. The standard InChI is InChI=1S/C10H20N2O2S/c1-8(15-2)3-4-12-10(5-9(13)14)6-11-7-10/h8,11-12H,3-7H2,1-2H3,(H,13,14). The van der Waals surface area contributed by atoms with Gasteiger partial charge in [0.15, 0.2) is 0 Å². The molecule has 1 rings (SSSR count). The van der Waals surface area contributed by atoms with Crippen LogP contribution in [0.1, 0.15) is 19.8 Å². The molecule has 0 amide bonds. The van der Waals surface area contributed by atoms with Crippen LogP contribution >= 0.6 is 11.8 Å². The van der Waals surface area contributed by atoms with Crippen molar-refractivity contribution in [3.05, 3.63) is 0 Å². The van der Waals surface area contributed by atoms with Crippen molar-refractivity contribution < 1.29 is 9.90 Å². The molecule has 0 radical (unpaired) electrons. The van der Waals surface area contributed by atoms with Crippen molar-refractivity contribution in [1.82, 2.24) is 10.6 Å². The van der Waals surface area contributed by atoms with Gasteiger partial charge >= 0.3 is 5.97 Å². The van der Waals surface area contributed by atoms with E-state index < -0.39 is 5.97 Å². The summed E-state index contributed by atoms with van der Waals surface area (Å²) in [4.78, 5) is 10.7. The Morgan fingerprint density at radius 2 is 2.33 bits per heavy atom. The summed E-state index contributed by atoms with van der Waals surface area (Å²) in [5, 5.41) is 15.9. The van der Waals surface area contributed by atoms with E-state index in [1.807, 2.05) is 11.8 Å². The lowest BCUT2D eigenvalue weighted by Gasteiger charge is -2.42. The van der Waals surface area contributed by atoms with Gasteiger partial charge in [0.25, 0.3) is 0 Å². The predicted molar refractivity (Wildman–Crippen MR) is 63.5 cm³/mol. The van der Waals surface area contributed by atoms with Crippen LogP contribution in [-0.4, -0.2) is 47.8 Å². The van der Waals surface area contributed by atoms with E-state index in [0.29, 0.717) is 5.25 Å². The highest BCUT2D eigenvalue weighted by Crippen LogP contribution is 2.17. The highest BCUT2D eigenvalue weighted by Gasteiger charge is 2.38. The second kappa shape index (κ2) is 5.72. The molecule has 1 atom stereocenters. The monoisotopic (exact) mass is 232 g/mol. The molecular weight excluding hydrogens is 212 g/mol. The maximum atomic E-state index is 10.7. The Kier molecular flexibility index (Phi) is 4.89. The zero-order valence-electron chi connectivity index (χ0n) is 9.38. The fourth-order valence-electron chi connectivity index (χ4n) is 1.69. The van der Waals surface area contributed by atoms with Gasteiger partial charge in [-0.2, -0.15) is 11.8 Å². The number of hydrogen-bond donors (Lipinski definition) is 3. The Hall–Kier alpha value is -0.260. The van der Waals surface area contributed by atoms with Crippen molar-refractivity contribution in [3.8, 4) is 0 Å². The average molecular weight is 232 g/mol. The van der Waals surface area contributed by atoms with Crippen molar-refractivity contribution >= 4 is 17.7 Å². The smallest absolute Gasteiger partial charge is 0.305 e. The first-order chi connectivity index (χ1) is 7.08. The van der Waals surface area contributed by atoms with Gasteiger partial charge in [-0.1, -0.05) is 6.92 Å². The zero-order chi connectivity index (χ0) is 11.3. The average Bonchev–Trinajstić information content (AvgIpc) is 2.12. The molecule has 0 bridgehead atoms. The summed E-state index contributed by atoms with van der Waals surface area (Å²) >= 11 is 1.84. The third-order valence-corrected chi connectivity index (χ3v) is 3.91. The van der Waals surface area contributed by atoms with Gasteiger partial charge in [0.1, 0.15) is 0 Å². The summed E-state index contributed by atoms with van der Waals surface area (Å²) in [7, 11) is 0. The minimum Gasteiger partial charge on any atom is -0.481 e. The molecule has 0 saturated carbocycles.